The molecule has 0 spiro atoms. The Morgan fingerprint density at radius 1 is 1.28 bits per heavy atom. The lowest BCUT2D eigenvalue weighted by Gasteiger charge is -2.27. The van der Waals surface area contributed by atoms with Gasteiger partial charge in [0.05, 0.1) is 18.8 Å². The Bertz CT molecular complexity index is 934. The van der Waals surface area contributed by atoms with E-state index in [-0.39, 0.29) is 30.4 Å². The molecule has 3 amide bonds. The maximum atomic E-state index is 12.9. The number of nitrogen functional groups attached to an aromatic ring is 1. The Hall–Kier alpha value is -2.93. The molecule has 1 saturated heterocycles. The van der Waals surface area contributed by atoms with Gasteiger partial charge >= 0.3 is 6.03 Å². The molecule has 4 N–H and O–H groups in total. The number of urea groups is 1. The number of nitrogens with two attached hydrogens (primary N) is 1. The number of halogens is 1. The maximum Gasteiger partial charge on any atom is 0.322 e. The Kier molecular flexibility index (Phi) is 6.17. The van der Waals surface area contributed by atoms with Crippen molar-refractivity contribution in [2.45, 2.75) is 25.3 Å². The van der Waals surface area contributed by atoms with Gasteiger partial charge in [0.25, 0.3) is 5.91 Å². The van der Waals surface area contributed by atoms with E-state index < -0.39 is 0 Å². The van der Waals surface area contributed by atoms with Crippen LogP contribution in [0.4, 0.5) is 16.2 Å². The quantitative estimate of drug-likeness (QED) is 0.667. The van der Waals surface area contributed by atoms with E-state index in [1.165, 1.54) is 5.56 Å². The molecule has 154 valence electrons. The molecule has 29 heavy (non-hydrogen) atoms. The number of amides is 3. The van der Waals surface area contributed by atoms with Crippen LogP contribution in [0.2, 0.25) is 0 Å². The van der Waals surface area contributed by atoms with Crippen molar-refractivity contribution >= 4 is 35.7 Å². The zero-order valence-electron chi connectivity index (χ0n) is 16.2. The molecule has 4 rings (SSSR count). The molecule has 1 fully saturated rings. The Balaban J connectivity index is 0.00000240. The van der Waals surface area contributed by atoms with Crippen molar-refractivity contribution in [3.8, 4) is 5.75 Å². The Labute approximate surface area is 176 Å². The highest BCUT2D eigenvalue weighted by atomic mass is 35.5. The van der Waals surface area contributed by atoms with Gasteiger partial charge in [0, 0.05) is 24.3 Å². The largest absolute Gasteiger partial charge is 0.495 e. The van der Waals surface area contributed by atoms with Crippen molar-refractivity contribution in [2.75, 3.05) is 30.8 Å². The van der Waals surface area contributed by atoms with Crippen LogP contribution in [-0.4, -0.2) is 32.1 Å². The van der Waals surface area contributed by atoms with Gasteiger partial charge in [-0.3, -0.25) is 9.69 Å². The average molecular weight is 417 g/mol. The molecule has 7 nitrogen and oxygen atoms in total. The third-order valence-electron chi connectivity index (χ3n) is 5.38. The molecule has 1 aliphatic carbocycles. The fraction of sp³-hybridized carbons (Fsp3) is 0.333. The van der Waals surface area contributed by atoms with E-state index in [1.54, 1.807) is 30.2 Å². The number of nitrogens with one attached hydrogen (secondary N) is 2. The van der Waals surface area contributed by atoms with Gasteiger partial charge in [0.15, 0.2) is 0 Å². The fourth-order valence-electron chi connectivity index (χ4n) is 3.97. The summed E-state index contributed by atoms with van der Waals surface area (Å²) >= 11 is 0. The first-order valence-electron chi connectivity index (χ1n) is 9.49. The summed E-state index contributed by atoms with van der Waals surface area (Å²) in [5.41, 5.74) is 10.1. The van der Waals surface area contributed by atoms with Crippen LogP contribution in [-0.2, 0) is 6.42 Å². The van der Waals surface area contributed by atoms with Crippen LogP contribution < -0.4 is 26.0 Å². The number of benzene rings is 2. The first-order valence-corrected chi connectivity index (χ1v) is 9.49. The molecule has 1 unspecified atom stereocenters. The van der Waals surface area contributed by atoms with Crippen LogP contribution in [0.3, 0.4) is 0 Å². The van der Waals surface area contributed by atoms with Crippen molar-refractivity contribution in [3.05, 3.63) is 53.1 Å². The van der Waals surface area contributed by atoms with Crippen LogP contribution in [0.5, 0.6) is 5.75 Å². The van der Waals surface area contributed by atoms with E-state index in [9.17, 15) is 9.59 Å². The second kappa shape index (κ2) is 8.61. The van der Waals surface area contributed by atoms with E-state index in [0.29, 0.717) is 30.1 Å². The van der Waals surface area contributed by atoms with Gasteiger partial charge in [-0.1, -0.05) is 6.07 Å². The molecule has 1 atom stereocenters. The van der Waals surface area contributed by atoms with Crippen molar-refractivity contribution in [1.29, 1.82) is 0 Å². The van der Waals surface area contributed by atoms with Crippen molar-refractivity contribution in [1.82, 2.24) is 10.6 Å². The molecule has 1 heterocycles. The summed E-state index contributed by atoms with van der Waals surface area (Å²) < 4.78 is 5.38. The fourth-order valence-corrected chi connectivity index (χ4v) is 3.97. The lowest BCUT2D eigenvalue weighted by molar-refractivity contribution is 0.0932. The summed E-state index contributed by atoms with van der Waals surface area (Å²) in [5, 5.41) is 5.91. The van der Waals surface area contributed by atoms with E-state index >= 15 is 0 Å². The van der Waals surface area contributed by atoms with Crippen molar-refractivity contribution in [3.63, 3.8) is 0 Å². The molecular formula is C21H25ClN4O3. The number of nitrogens with zero attached hydrogens (tertiary/aromatic N) is 1. The number of ether oxygens (including phenoxy) is 1. The Morgan fingerprint density at radius 3 is 2.83 bits per heavy atom. The highest BCUT2D eigenvalue weighted by molar-refractivity contribution is 6.00. The van der Waals surface area contributed by atoms with Gasteiger partial charge in [-0.2, -0.15) is 0 Å². The lowest BCUT2D eigenvalue weighted by Crippen LogP contribution is -2.32. The number of aryl methyl sites for hydroxylation is 1. The number of methoxy groups -OCH3 is 1. The van der Waals surface area contributed by atoms with Crippen molar-refractivity contribution in [2.24, 2.45) is 0 Å². The number of anilines is 2. The molecule has 8 heteroatoms. The number of carbonyl (C=O) groups is 2. The zero-order chi connectivity index (χ0) is 19.7. The molecule has 0 radical (unpaired) electrons. The standard InChI is InChI=1S/C21H24N4O3.ClH/c1-28-19-8-5-14(12-18(19)25-10-9-23-21(25)27)20(26)24-17-4-2-3-13-11-15(22)6-7-16(13)17;/h5-8,11-12,17H,2-4,9-10,22H2,1H3,(H,23,27)(H,24,26);1H. The molecule has 2 aliphatic rings. The van der Waals surface area contributed by atoms with Gasteiger partial charge in [0.2, 0.25) is 0 Å². The molecule has 2 aromatic carbocycles. The van der Waals surface area contributed by atoms with E-state index in [0.717, 1.165) is 30.5 Å². The number of hydrogen-bond donors (Lipinski definition) is 3. The van der Waals surface area contributed by atoms with Gasteiger partial charge < -0.3 is 21.1 Å². The van der Waals surface area contributed by atoms with E-state index in [1.807, 2.05) is 18.2 Å². The topological polar surface area (TPSA) is 96.7 Å². The summed E-state index contributed by atoms with van der Waals surface area (Å²) in [6.07, 6.45) is 2.87. The molecule has 0 bridgehead atoms. The maximum absolute atomic E-state index is 12.9. The van der Waals surface area contributed by atoms with E-state index in [2.05, 4.69) is 10.6 Å². The minimum atomic E-state index is -0.186. The minimum Gasteiger partial charge on any atom is -0.495 e. The third kappa shape index (κ3) is 4.10. The molecule has 1 aliphatic heterocycles. The molecule has 0 aromatic heterocycles. The molecule has 2 aromatic rings. The second-order valence-electron chi connectivity index (χ2n) is 7.15. The SMILES string of the molecule is COc1ccc(C(=O)NC2CCCc3cc(N)ccc32)cc1N1CCNC1=O.Cl. The van der Waals surface area contributed by atoms with Crippen LogP contribution in [0.15, 0.2) is 36.4 Å². The van der Waals surface area contributed by atoms with Crippen LogP contribution >= 0.6 is 12.4 Å². The summed E-state index contributed by atoms with van der Waals surface area (Å²) in [6.45, 7) is 1.11. The van der Waals surface area contributed by atoms with Gasteiger partial charge in [0.1, 0.15) is 5.75 Å². The second-order valence-corrected chi connectivity index (χ2v) is 7.15. The highest BCUT2D eigenvalue weighted by Crippen LogP contribution is 2.33. The Morgan fingerprint density at radius 2 is 2.10 bits per heavy atom. The minimum absolute atomic E-state index is 0. The van der Waals surface area contributed by atoms with Crippen LogP contribution in [0.1, 0.15) is 40.4 Å². The first-order chi connectivity index (χ1) is 13.6. The van der Waals surface area contributed by atoms with Crippen molar-refractivity contribution < 1.29 is 14.3 Å². The summed E-state index contributed by atoms with van der Waals surface area (Å²) in [6, 6.07) is 10.8. The number of hydrogen-bond acceptors (Lipinski definition) is 4. The lowest BCUT2D eigenvalue weighted by atomic mass is 9.87. The normalized spacial score (nSPS) is 17.8. The summed E-state index contributed by atoms with van der Waals surface area (Å²) in [7, 11) is 1.55. The predicted molar refractivity (Wildman–Crippen MR) is 115 cm³/mol. The third-order valence-corrected chi connectivity index (χ3v) is 5.38. The summed E-state index contributed by atoms with van der Waals surface area (Å²) in [4.78, 5) is 26.6. The number of fused-ring (bicyclic) bond motifs is 1. The van der Waals surface area contributed by atoms with Gasteiger partial charge in [-0.05, 0) is 60.7 Å². The predicted octanol–water partition coefficient (Wildman–Crippen LogP) is 3.04. The van der Waals surface area contributed by atoms with Gasteiger partial charge in [-0.15, -0.1) is 12.4 Å². The molecule has 0 saturated carbocycles. The first kappa shape index (κ1) is 20.8. The smallest absolute Gasteiger partial charge is 0.322 e. The highest BCUT2D eigenvalue weighted by Gasteiger charge is 2.26. The average Bonchev–Trinajstić information content (AvgIpc) is 3.13. The summed E-state index contributed by atoms with van der Waals surface area (Å²) in [5.74, 6) is 0.394. The number of carbonyl (C=O) groups excluding carboxylic acids is 2. The van der Waals surface area contributed by atoms with Crippen LogP contribution in [0, 0.1) is 0 Å². The van der Waals surface area contributed by atoms with Crippen LogP contribution in [0.25, 0.3) is 0 Å². The number of rotatable bonds is 4. The zero-order valence-corrected chi connectivity index (χ0v) is 17.1. The van der Waals surface area contributed by atoms with E-state index in [4.69, 9.17) is 10.5 Å². The monoisotopic (exact) mass is 416 g/mol. The van der Waals surface area contributed by atoms with Gasteiger partial charge in [-0.25, -0.2) is 4.79 Å². The molecular weight excluding hydrogens is 392 g/mol.